The number of halogens is 1. The predicted molar refractivity (Wildman–Crippen MR) is 93.7 cm³/mol. The number of hydrogen-bond donors (Lipinski definition) is 1. The van der Waals surface area contributed by atoms with E-state index in [1.807, 2.05) is 31.2 Å². The first-order chi connectivity index (χ1) is 11.0. The SMILES string of the molecule is [B]c1ccc2nc(-c3cccc(Cl)c3)c(CC(=O)O)c(C)c2c1. The second-order valence-corrected chi connectivity index (χ2v) is 5.86. The summed E-state index contributed by atoms with van der Waals surface area (Å²) in [5.41, 5.74) is 4.40. The summed E-state index contributed by atoms with van der Waals surface area (Å²) >= 11 is 6.07. The molecule has 3 rings (SSSR count). The van der Waals surface area contributed by atoms with Crippen LogP contribution >= 0.6 is 11.6 Å². The lowest BCUT2D eigenvalue weighted by Crippen LogP contribution is -2.08. The fraction of sp³-hybridized carbons (Fsp3) is 0.111. The van der Waals surface area contributed by atoms with Gasteiger partial charge < -0.3 is 5.11 Å². The lowest BCUT2D eigenvalue weighted by molar-refractivity contribution is -0.136. The maximum absolute atomic E-state index is 11.3. The monoisotopic (exact) mass is 321 g/mol. The number of benzene rings is 2. The highest BCUT2D eigenvalue weighted by Crippen LogP contribution is 2.31. The Kier molecular flexibility index (Phi) is 4.10. The van der Waals surface area contributed by atoms with Crippen LogP contribution in [0.4, 0.5) is 0 Å². The van der Waals surface area contributed by atoms with Gasteiger partial charge in [0.15, 0.2) is 0 Å². The van der Waals surface area contributed by atoms with E-state index >= 15 is 0 Å². The van der Waals surface area contributed by atoms with Gasteiger partial charge in [-0.25, -0.2) is 4.98 Å². The fourth-order valence-corrected chi connectivity index (χ4v) is 2.91. The van der Waals surface area contributed by atoms with Gasteiger partial charge in [-0.2, -0.15) is 0 Å². The number of aromatic nitrogens is 1. The third-order valence-electron chi connectivity index (χ3n) is 3.82. The Morgan fingerprint density at radius 2 is 2.04 bits per heavy atom. The molecule has 1 N–H and O–H groups in total. The number of carboxylic acid groups (broad SMARTS) is 1. The number of carboxylic acids is 1. The molecule has 0 aliphatic rings. The van der Waals surface area contributed by atoms with E-state index in [2.05, 4.69) is 4.98 Å². The Labute approximate surface area is 140 Å². The first-order valence-electron chi connectivity index (χ1n) is 7.12. The van der Waals surface area contributed by atoms with Crippen LogP contribution < -0.4 is 5.46 Å². The van der Waals surface area contributed by atoms with Crippen LogP contribution in [-0.4, -0.2) is 23.9 Å². The van der Waals surface area contributed by atoms with Crippen LogP contribution in [0.3, 0.4) is 0 Å². The minimum Gasteiger partial charge on any atom is -0.481 e. The van der Waals surface area contributed by atoms with Crippen LogP contribution in [-0.2, 0) is 11.2 Å². The molecule has 0 bridgehead atoms. The number of nitrogens with zero attached hydrogens (tertiary/aromatic N) is 1. The molecule has 0 saturated carbocycles. The molecule has 3 aromatic rings. The number of fused-ring (bicyclic) bond motifs is 1. The largest absolute Gasteiger partial charge is 0.481 e. The molecule has 0 aliphatic heterocycles. The van der Waals surface area contributed by atoms with Crippen molar-refractivity contribution in [3.8, 4) is 11.3 Å². The van der Waals surface area contributed by atoms with Gasteiger partial charge in [-0.15, -0.1) is 0 Å². The predicted octanol–water partition coefficient (Wildman–Crippen LogP) is 3.28. The molecule has 0 amide bonds. The first-order valence-corrected chi connectivity index (χ1v) is 7.50. The van der Waals surface area contributed by atoms with E-state index in [1.54, 1.807) is 18.2 Å². The summed E-state index contributed by atoms with van der Waals surface area (Å²) in [6.07, 6.45) is -0.106. The quantitative estimate of drug-likeness (QED) is 0.753. The number of aliphatic carboxylic acids is 1. The molecule has 1 aromatic heterocycles. The van der Waals surface area contributed by atoms with Gasteiger partial charge in [-0.1, -0.05) is 41.3 Å². The maximum atomic E-state index is 11.3. The van der Waals surface area contributed by atoms with E-state index in [-0.39, 0.29) is 6.42 Å². The Morgan fingerprint density at radius 3 is 2.74 bits per heavy atom. The van der Waals surface area contributed by atoms with E-state index in [4.69, 9.17) is 19.4 Å². The molecule has 0 aliphatic carbocycles. The van der Waals surface area contributed by atoms with E-state index in [1.165, 1.54) is 0 Å². The van der Waals surface area contributed by atoms with Crippen molar-refractivity contribution in [2.24, 2.45) is 0 Å². The molecule has 0 unspecified atom stereocenters. The third kappa shape index (κ3) is 3.08. The molecule has 5 heteroatoms. The molecule has 0 spiro atoms. The Morgan fingerprint density at radius 1 is 1.26 bits per heavy atom. The highest BCUT2D eigenvalue weighted by atomic mass is 35.5. The Balaban J connectivity index is 2.34. The zero-order valence-corrected chi connectivity index (χ0v) is 13.3. The minimum absolute atomic E-state index is 0.106. The summed E-state index contributed by atoms with van der Waals surface area (Å²) in [5.74, 6) is -0.901. The van der Waals surface area contributed by atoms with Gasteiger partial charge in [0.05, 0.1) is 17.6 Å². The summed E-state index contributed by atoms with van der Waals surface area (Å²) < 4.78 is 0. The highest BCUT2D eigenvalue weighted by Gasteiger charge is 2.16. The van der Waals surface area contributed by atoms with Crippen LogP contribution in [0.5, 0.6) is 0 Å². The van der Waals surface area contributed by atoms with Crippen molar-refractivity contribution in [1.82, 2.24) is 4.98 Å². The van der Waals surface area contributed by atoms with Crippen molar-refractivity contribution in [2.45, 2.75) is 13.3 Å². The third-order valence-corrected chi connectivity index (χ3v) is 4.06. The molecule has 23 heavy (non-hydrogen) atoms. The molecule has 1 heterocycles. The van der Waals surface area contributed by atoms with Crippen LogP contribution in [0.2, 0.25) is 5.02 Å². The molecular formula is C18H13BClNO2. The Hall–Kier alpha value is -2.33. The number of pyridine rings is 1. The van der Waals surface area contributed by atoms with Crippen LogP contribution in [0.25, 0.3) is 22.2 Å². The lowest BCUT2D eigenvalue weighted by Gasteiger charge is -2.14. The highest BCUT2D eigenvalue weighted by molar-refractivity contribution is 6.33. The van der Waals surface area contributed by atoms with Gasteiger partial charge in [0, 0.05) is 16.0 Å². The second kappa shape index (κ2) is 6.05. The number of hydrogen-bond acceptors (Lipinski definition) is 2. The number of carbonyl (C=O) groups is 1. The van der Waals surface area contributed by atoms with Gasteiger partial charge in [0.2, 0.25) is 0 Å². The number of aryl methyl sites for hydroxylation is 1. The van der Waals surface area contributed by atoms with Gasteiger partial charge in [0.1, 0.15) is 7.85 Å². The van der Waals surface area contributed by atoms with E-state index in [0.717, 1.165) is 22.0 Å². The second-order valence-electron chi connectivity index (χ2n) is 5.42. The summed E-state index contributed by atoms with van der Waals surface area (Å²) in [5, 5.41) is 10.7. The molecule has 112 valence electrons. The standard InChI is InChI=1S/C18H13BClNO2/c1-10-14-8-12(19)5-6-16(14)21-18(15(10)9-17(22)23)11-3-2-4-13(20)7-11/h2-8H,9H2,1H3,(H,22,23). The fourth-order valence-electron chi connectivity index (χ4n) is 2.72. The lowest BCUT2D eigenvalue weighted by atomic mass is 9.90. The molecule has 0 saturated heterocycles. The van der Waals surface area contributed by atoms with Crippen molar-refractivity contribution in [3.63, 3.8) is 0 Å². The van der Waals surface area contributed by atoms with E-state index in [9.17, 15) is 9.90 Å². The number of rotatable bonds is 3. The zero-order valence-electron chi connectivity index (χ0n) is 12.5. The summed E-state index contributed by atoms with van der Waals surface area (Å²) in [4.78, 5) is 16.0. The van der Waals surface area contributed by atoms with Crippen LogP contribution in [0, 0.1) is 6.92 Å². The van der Waals surface area contributed by atoms with Gasteiger partial charge in [-0.05, 0) is 36.2 Å². The molecular weight excluding hydrogens is 308 g/mol. The van der Waals surface area contributed by atoms with Crippen molar-refractivity contribution in [1.29, 1.82) is 0 Å². The molecule has 2 radical (unpaired) electrons. The van der Waals surface area contributed by atoms with Gasteiger partial charge >= 0.3 is 5.97 Å². The van der Waals surface area contributed by atoms with Crippen molar-refractivity contribution in [2.75, 3.05) is 0 Å². The smallest absolute Gasteiger partial charge is 0.307 e. The molecule has 0 atom stereocenters. The average Bonchev–Trinajstić information content (AvgIpc) is 2.50. The molecule has 3 nitrogen and oxygen atoms in total. The summed E-state index contributed by atoms with van der Waals surface area (Å²) in [6, 6.07) is 12.7. The van der Waals surface area contributed by atoms with Crippen molar-refractivity contribution in [3.05, 3.63) is 58.6 Å². The molecule has 2 aromatic carbocycles. The first kappa shape index (κ1) is 15.6. The Bertz CT molecular complexity index is 924. The summed E-state index contributed by atoms with van der Waals surface area (Å²) in [6.45, 7) is 1.90. The van der Waals surface area contributed by atoms with Gasteiger partial charge in [0.25, 0.3) is 0 Å². The van der Waals surface area contributed by atoms with Gasteiger partial charge in [-0.3, -0.25) is 4.79 Å². The zero-order chi connectivity index (χ0) is 16.6. The topological polar surface area (TPSA) is 50.2 Å². The van der Waals surface area contributed by atoms with Crippen molar-refractivity contribution < 1.29 is 9.90 Å². The minimum atomic E-state index is -0.901. The average molecular weight is 322 g/mol. The van der Waals surface area contributed by atoms with Crippen molar-refractivity contribution >= 4 is 41.8 Å². The van der Waals surface area contributed by atoms with Crippen LogP contribution in [0.15, 0.2) is 42.5 Å². The van der Waals surface area contributed by atoms with E-state index in [0.29, 0.717) is 21.7 Å². The van der Waals surface area contributed by atoms with E-state index < -0.39 is 5.97 Å². The summed E-state index contributed by atoms with van der Waals surface area (Å²) in [7, 11) is 5.85. The maximum Gasteiger partial charge on any atom is 0.307 e. The van der Waals surface area contributed by atoms with Crippen LogP contribution in [0.1, 0.15) is 11.1 Å². The molecule has 0 fully saturated rings. The normalized spacial score (nSPS) is 10.9.